The molecule has 3 saturated carbocycles. The van der Waals surface area contributed by atoms with Crippen molar-refractivity contribution in [2.45, 2.75) is 119 Å². The molecule has 6 aliphatic carbocycles. The molecule has 0 spiro atoms. The number of fused-ring (bicyclic) bond motifs is 2. The molecule has 3 heteroatoms. The first-order valence-electron chi connectivity index (χ1n) is 17.6. The van der Waals surface area contributed by atoms with Crippen LogP contribution in [0.2, 0.25) is 0 Å². The minimum absolute atomic E-state index is 0.0521. The van der Waals surface area contributed by atoms with Crippen molar-refractivity contribution >= 4 is 27.9 Å². The van der Waals surface area contributed by atoms with Crippen molar-refractivity contribution in [3.05, 3.63) is 88.7 Å². The Labute approximate surface area is 272 Å². The van der Waals surface area contributed by atoms with Crippen molar-refractivity contribution in [1.82, 2.24) is 0 Å². The maximum atomic E-state index is 12.4. The summed E-state index contributed by atoms with van der Waals surface area (Å²) < 4.78 is 0. The van der Waals surface area contributed by atoms with E-state index in [-0.39, 0.29) is 17.3 Å². The molecule has 0 aliphatic heterocycles. The van der Waals surface area contributed by atoms with Gasteiger partial charge in [0.1, 0.15) is 11.5 Å². The van der Waals surface area contributed by atoms with Crippen LogP contribution in [0, 0.1) is 18.8 Å². The van der Waals surface area contributed by atoms with Gasteiger partial charge in [0, 0.05) is 24.7 Å². The van der Waals surface area contributed by atoms with Crippen molar-refractivity contribution in [2.75, 3.05) is 0 Å². The number of rotatable bonds is 4. The number of carbonyl (C=O) groups excluding carboxylic acids is 2. The van der Waals surface area contributed by atoms with Crippen LogP contribution in [0.15, 0.2) is 72.0 Å². The Morgan fingerprint density at radius 1 is 0.822 bits per heavy atom. The molecule has 2 unspecified atom stereocenters. The van der Waals surface area contributed by atoms with Gasteiger partial charge in [0.2, 0.25) is 0 Å². The zero-order valence-corrected chi connectivity index (χ0v) is 29.3. The van der Waals surface area contributed by atoms with E-state index in [2.05, 4.69) is 55.5 Å². The third kappa shape index (κ3) is 7.51. The molecule has 4 bridgehead atoms. The number of hydrogen-bond acceptors (Lipinski definition) is 3. The highest BCUT2D eigenvalue weighted by Gasteiger charge is 2.53. The molecule has 0 amide bonds. The van der Waals surface area contributed by atoms with Crippen LogP contribution in [0.1, 0.15) is 123 Å². The van der Waals surface area contributed by atoms with Gasteiger partial charge in [-0.15, -0.1) is 0 Å². The second-order valence-corrected chi connectivity index (χ2v) is 12.2. The molecule has 242 valence electrons. The zero-order valence-electron chi connectivity index (χ0n) is 29.3. The summed E-state index contributed by atoms with van der Waals surface area (Å²) in [5.74, 6) is 2.23. The SMILES string of the molecule is CC.CC.CC.CCC(C)=O.Cc1ccc(-c2ccc3cc(C4=C(O)CCCC4=O)ccc3c2)cc1C12CC=C3C(CC3C1)C2. The smallest absolute Gasteiger partial charge is 0.166 e. The van der Waals surface area contributed by atoms with Gasteiger partial charge in [0.25, 0.3) is 0 Å². The average Bonchev–Trinajstić information content (AvgIpc) is 3.07. The fourth-order valence-corrected chi connectivity index (χ4v) is 7.47. The van der Waals surface area contributed by atoms with Crippen molar-refractivity contribution in [2.24, 2.45) is 11.8 Å². The normalized spacial score (nSPS) is 22.2. The van der Waals surface area contributed by atoms with E-state index in [9.17, 15) is 14.7 Å². The molecule has 9 rings (SSSR count). The second-order valence-electron chi connectivity index (χ2n) is 12.2. The summed E-state index contributed by atoms with van der Waals surface area (Å²) in [5.41, 5.74) is 8.96. The van der Waals surface area contributed by atoms with Crippen molar-refractivity contribution in [3.63, 3.8) is 0 Å². The number of hydrogen-bond donors (Lipinski definition) is 1. The maximum absolute atomic E-state index is 12.4. The minimum Gasteiger partial charge on any atom is -0.512 e. The molecule has 1 N–H and O–H groups in total. The van der Waals surface area contributed by atoms with Crippen LogP contribution in [0.4, 0.5) is 0 Å². The Morgan fingerprint density at radius 2 is 1.36 bits per heavy atom. The minimum atomic E-state index is 0.0521. The largest absolute Gasteiger partial charge is 0.512 e. The fourth-order valence-electron chi connectivity index (χ4n) is 7.47. The summed E-state index contributed by atoms with van der Waals surface area (Å²) >= 11 is 0. The highest BCUT2D eigenvalue weighted by molar-refractivity contribution is 6.22. The van der Waals surface area contributed by atoms with Crippen LogP contribution in [0.25, 0.3) is 27.5 Å². The van der Waals surface area contributed by atoms with E-state index in [1.165, 1.54) is 42.4 Å². The van der Waals surface area contributed by atoms with Gasteiger partial charge in [0.05, 0.1) is 5.57 Å². The lowest BCUT2D eigenvalue weighted by atomic mass is 9.46. The monoisotopic (exact) mass is 608 g/mol. The molecular formula is C42H56O3. The van der Waals surface area contributed by atoms with Crippen LogP contribution < -0.4 is 0 Å². The molecule has 45 heavy (non-hydrogen) atoms. The van der Waals surface area contributed by atoms with Crippen molar-refractivity contribution in [3.8, 4) is 11.1 Å². The van der Waals surface area contributed by atoms with Crippen LogP contribution in [-0.4, -0.2) is 16.7 Å². The van der Waals surface area contributed by atoms with E-state index in [4.69, 9.17) is 0 Å². The highest BCUT2D eigenvalue weighted by Crippen LogP contribution is 2.63. The van der Waals surface area contributed by atoms with E-state index >= 15 is 0 Å². The Hall–Kier alpha value is -3.46. The predicted octanol–water partition coefficient (Wildman–Crippen LogP) is 11.9. The Kier molecular flexibility index (Phi) is 13.0. The lowest BCUT2D eigenvalue weighted by Crippen LogP contribution is -2.49. The average molecular weight is 609 g/mol. The van der Waals surface area contributed by atoms with Crippen LogP contribution >= 0.6 is 0 Å². The summed E-state index contributed by atoms with van der Waals surface area (Å²) in [6.07, 6.45) is 10.4. The fraction of sp³-hybridized carbons (Fsp3) is 0.476. The first kappa shape index (κ1) is 36.0. The summed E-state index contributed by atoms with van der Waals surface area (Å²) in [6.45, 7) is 17.7. The third-order valence-corrected chi connectivity index (χ3v) is 9.67. The van der Waals surface area contributed by atoms with Crippen molar-refractivity contribution in [1.29, 1.82) is 0 Å². The van der Waals surface area contributed by atoms with Gasteiger partial charge in [-0.1, -0.05) is 103 Å². The summed E-state index contributed by atoms with van der Waals surface area (Å²) in [4.78, 5) is 22.2. The number of carbonyl (C=O) groups is 2. The van der Waals surface area contributed by atoms with Gasteiger partial charge in [-0.05, 0) is 109 Å². The van der Waals surface area contributed by atoms with Gasteiger partial charge < -0.3 is 9.90 Å². The second kappa shape index (κ2) is 16.2. The van der Waals surface area contributed by atoms with E-state index in [0.717, 1.165) is 34.6 Å². The topological polar surface area (TPSA) is 54.4 Å². The van der Waals surface area contributed by atoms with Crippen LogP contribution in [-0.2, 0) is 15.0 Å². The number of aliphatic hydroxyl groups is 1. The van der Waals surface area contributed by atoms with Crippen LogP contribution in [0.3, 0.4) is 0 Å². The predicted molar refractivity (Wildman–Crippen MR) is 193 cm³/mol. The third-order valence-electron chi connectivity index (χ3n) is 9.67. The van der Waals surface area contributed by atoms with Gasteiger partial charge in [0.15, 0.2) is 5.78 Å². The molecule has 6 aliphatic rings. The molecule has 0 aromatic heterocycles. The number of Topliss-reactive ketones (excluding diaryl/α,β-unsaturated/α-hetero) is 2. The van der Waals surface area contributed by atoms with Gasteiger partial charge in [-0.25, -0.2) is 0 Å². The van der Waals surface area contributed by atoms with Gasteiger partial charge in [-0.3, -0.25) is 4.79 Å². The molecule has 3 aromatic carbocycles. The van der Waals surface area contributed by atoms with E-state index in [1.807, 2.05) is 60.6 Å². The van der Waals surface area contributed by atoms with E-state index in [1.54, 1.807) is 18.1 Å². The molecular weight excluding hydrogens is 552 g/mol. The molecule has 0 saturated heterocycles. The summed E-state index contributed by atoms with van der Waals surface area (Å²) in [6, 6.07) is 19.8. The number of ketones is 2. The maximum Gasteiger partial charge on any atom is 0.166 e. The zero-order chi connectivity index (χ0) is 33.3. The lowest BCUT2D eigenvalue weighted by molar-refractivity contribution is -0.116. The number of benzene rings is 3. The Balaban J connectivity index is 0.000000447. The summed E-state index contributed by atoms with van der Waals surface area (Å²) in [7, 11) is 0. The molecule has 3 nitrogen and oxygen atoms in total. The molecule has 3 aromatic rings. The molecule has 2 atom stereocenters. The lowest BCUT2D eigenvalue weighted by Gasteiger charge is -2.58. The number of aryl methyl sites for hydroxylation is 1. The van der Waals surface area contributed by atoms with E-state index < -0.39 is 0 Å². The van der Waals surface area contributed by atoms with Crippen molar-refractivity contribution < 1.29 is 14.7 Å². The quantitative estimate of drug-likeness (QED) is 0.300. The Bertz CT molecular complexity index is 1540. The van der Waals surface area contributed by atoms with E-state index in [0.29, 0.717) is 30.3 Å². The first-order chi connectivity index (χ1) is 21.8. The number of allylic oxidation sites excluding steroid dienone is 4. The van der Waals surface area contributed by atoms with Gasteiger partial charge in [-0.2, -0.15) is 0 Å². The molecule has 0 heterocycles. The summed E-state index contributed by atoms with van der Waals surface area (Å²) in [5, 5.41) is 12.6. The number of aliphatic hydroxyl groups excluding tert-OH is 1. The molecule has 3 fully saturated rings. The van der Waals surface area contributed by atoms with Crippen LogP contribution in [0.5, 0.6) is 0 Å². The first-order valence-corrected chi connectivity index (χ1v) is 17.6. The van der Waals surface area contributed by atoms with Gasteiger partial charge >= 0.3 is 0 Å². The molecule has 0 radical (unpaired) electrons. The Morgan fingerprint density at radius 3 is 1.91 bits per heavy atom. The standard InChI is InChI=1S/C32H30O2.C4H8O.3C2H6/c1-19-5-6-23(16-28(19)32-12-11-27-25(17-32)15-26(27)18-32)21-7-8-22-14-24(10-9-20(22)13-21)31-29(33)3-2-4-30(31)34;1-3-4(2)5;3*1-2/h5-11,13-14,16,25-26,33H,2-4,12,15,17-18H2,1H3;3H2,1-2H3;3*1-2H3. The highest BCUT2D eigenvalue weighted by atomic mass is 16.3.